The average Bonchev–Trinajstić information content (AvgIpc) is 3.32. The summed E-state index contributed by atoms with van der Waals surface area (Å²) in [4.78, 5) is 32.5. The number of hydrogen-bond donors (Lipinski definition) is 0. The van der Waals surface area contributed by atoms with E-state index in [9.17, 15) is 9.59 Å². The largest absolute Gasteiger partial charge is 0.454 e. The van der Waals surface area contributed by atoms with Gasteiger partial charge < -0.3 is 14.4 Å². The van der Waals surface area contributed by atoms with Gasteiger partial charge in [0.15, 0.2) is 16.7 Å². The Balaban J connectivity index is 1.45. The van der Waals surface area contributed by atoms with Crippen LogP contribution in [-0.2, 0) is 11.3 Å². The van der Waals surface area contributed by atoms with Crippen LogP contribution in [0.1, 0.15) is 5.56 Å². The Kier molecular flexibility index (Phi) is 6.17. The number of nitrogens with zero attached hydrogens (tertiary/aromatic N) is 3. The van der Waals surface area contributed by atoms with Crippen molar-refractivity contribution >= 4 is 45.9 Å². The maximum atomic E-state index is 13.4. The number of ether oxygens (including phenoxy) is 2. The molecule has 0 saturated heterocycles. The average molecular weight is 494 g/mol. The normalized spacial score (nSPS) is 12.2. The smallest absolute Gasteiger partial charge is 0.262 e. The van der Waals surface area contributed by atoms with Gasteiger partial charge in [-0.2, -0.15) is 0 Å². The Hall–Kier alpha value is -3.49. The summed E-state index contributed by atoms with van der Waals surface area (Å²) in [6, 6.07) is 19.9. The third-order valence-corrected chi connectivity index (χ3v) is 6.69. The molecule has 0 radical (unpaired) electrons. The first kappa shape index (κ1) is 22.3. The highest BCUT2D eigenvalue weighted by molar-refractivity contribution is 7.99. The van der Waals surface area contributed by atoms with Crippen molar-refractivity contribution < 1.29 is 14.3 Å². The first-order chi connectivity index (χ1) is 16.5. The minimum Gasteiger partial charge on any atom is -0.454 e. The van der Waals surface area contributed by atoms with Gasteiger partial charge in [0.05, 0.1) is 23.2 Å². The highest BCUT2D eigenvalue weighted by Crippen LogP contribution is 2.33. The molecule has 1 amide bonds. The van der Waals surface area contributed by atoms with Crippen molar-refractivity contribution in [2.24, 2.45) is 0 Å². The second-order valence-corrected chi connectivity index (χ2v) is 9.09. The van der Waals surface area contributed by atoms with Crippen LogP contribution in [-0.4, -0.2) is 35.1 Å². The topological polar surface area (TPSA) is 73.7 Å². The van der Waals surface area contributed by atoms with Crippen LogP contribution >= 0.6 is 23.4 Å². The zero-order valence-corrected chi connectivity index (χ0v) is 19.8. The Morgan fingerprint density at radius 1 is 1.09 bits per heavy atom. The van der Waals surface area contributed by atoms with Crippen molar-refractivity contribution in [2.75, 3.05) is 24.5 Å². The fraction of sp³-hybridized carbons (Fsp3) is 0.160. The van der Waals surface area contributed by atoms with Crippen LogP contribution in [0.4, 0.5) is 5.69 Å². The Bertz CT molecular complexity index is 1460. The van der Waals surface area contributed by atoms with Crippen LogP contribution in [0.2, 0.25) is 5.02 Å². The van der Waals surface area contributed by atoms with E-state index < -0.39 is 0 Å². The van der Waals surface area contributed by atoms with E-state index in [0.29, 0.717) is 38.3 Å². The SMILES string of the molecule is CN(C(=O)CSc1nc2ccccc2c(=O)n1Cc1ccc2c(c1)OCO2)c1cccc(Cl)c1. The molecular weight excluding hydrogens is 474 g/mol. The van der Waals surface area contributed by atoms with Crippen molar-refractivity contribution in [3.05, 3.63) is 87.7 Å². The number of aromatic nitrogens is 2. The van der Waals surface area contributed by atoms with Gasteiger partial charge in [-0.05, 0) is 48.0 Å². The van der Waals surface area contributed by atoms with Crippen LogP contribution < -0.4 is 19.9 Å². The lowest BCUT2D eigenvalue weighted by molar-refractivity contribution is -0.115. The number of amides is 1. The predicted octanol–water partition coefficient (Wildman–Crippen LogP) is 4.58. The monoisotopic (exact) mass is 493 g/mol. The quantitative estimate of drug-likeness (QED) is 0.289. The summed E-state index contributed by atoms with van der Waals surface area (Å²) >= 11 is 7.29. The standard InChI is InChI=1S/C25H20ClN3O4S/c1-28(18-6-4-5-17(26)12-18)23(30)14-34-25-27-20-8-3-2-7-19(20)24(31)29(25)13-16-9-10-21-22(11-16)33-15-32-21/h2-12H,13-15H2,1H3. The van der Waals surface area contributed by atoms with Gasteiger partial charge in [0, 0.05) is 17.8 Å². The van der Waals surface area contributed by atoms with E-state index in [1.54, 1.807) is 46.8 Å². The number of carbonyl (C=O) groups excluding carboxylic acids is 1. The van der Waals surface area contributed by atoms with Crippen LogP contribution in [0.3, 0.4) is 0 Å². The first-order valence-electron chi connectivity index (χ1n) is 10.5. The number of hydrogen-bond acceptors (Lipinski definition) is 6. The highest BCUT2D eigenvalue weighted by Gasteiger charge is 2.18. The minimum absolute atomic E-state index is 0.106. The van der Waals surface area contributed by atoms with E-state index in [2.05, 4.69) is 0 Å². The summed E-state index contributed by atoms with van der Waals surface area (Å²) in [5.41, 5.74) is 1.99. The molecule has 0 bridgehead atoms. The highest BCUT2D eigenvalue weighted by atomic mass is 35.5. The summed E-state index contributed by atoms with van der Waals surface area (Å²) in [6.07, 6.45) is 0. The number of halogens is 1. The number of benzene rings is 3. The number of anilines is 1. The molecule has 0 fully saturated rings. The summed E-state index contributed by atoms with van der Waals surface area (Å²) in [5, 5.41) is 1.54. The molecule has 0 atom stereocenters. The lowest BCUT2D eigenvalue weighted by atomic mass is 10.2. The molecule has 34 heavy (non-hydrogen) atoms. The molecule has 2 heterocycles. The number of para-hydroxylation sites is 1. The van der Waals surface area contributed by atoms with E-state index in [1.807, 2.05) is 36.4 Å². The van der Waals surface area contributed by atoms with Crippen molar-refractivity contribution in [1.82, 2.24) is 9.55 Å². The zero-order chi connectivity index (χ0) is 23.7. The summed E-state index contributed by atoms with van der Waals surface area (Å²) < 4.78 is 12.4. The Morgan fingerprint density at radius 2 is 1.91 bits per heavy atom. The predicted molar refractivity (Wildman–Crippen MR) is 133 cm³/mol. The molecule has 0 spiro atoms. The summed E-state index contributed by atoms with van der Waals surface area (Å²) in [5.74, 6) is 1.29. The van der Waals surface area contributed by atoms with Crippen molar-refractivity contribution in [2.45, 2.75) is 11.7 Å². The van der Waals surface area contributed by atoms with Crippen LogP contribution in [0.15, 0.2) is 76.7 Å². The summed E-state index contributed by atoms with van der Waals surface area (Å²) in [6.45, 7) is 0.466. The molecule has 172 valence electrons. The maximum Gasteiger partial charge on any atom is 0.262 e. The molecule has 0 aliphatic carbocycles. The fourth-order valence-corrected chi connectivity index (χ4v) is 4.77. The van der Waals surface area contributed by atoms with Gasteiger partial charge in [0.1, 0.15) is 0 Å². The van der Waals surface area contributed by atoms with Gasteiger partial charge in [-0.3, -0.25) is 14.2 Å². The molecule has 7 nitrogen and oxygen atoms in total. The number of thioether (sulfide) groups is 1. The van der Waals surface area contributed by atoms with Crippen molar-refractivity contribution in [3.8, 4) is 11.5 Å². The molecular formula is C25H20ClN3O4S. The van der Waals surface area contributed by atoms with Crippen LogP contribution in [0.5, 0.6) is 11.5 Å². The second-order valence-electron chi connectivity index (χ2n) is 7.71. The third-order valence-electron chi connectivity index (χ3n) is 5.50. The molecule has 4 aromatic rings. The van der Waals surface area contributed by atoms with E-state index in [0.717, 1.165) is 5.56 Å². The van der Waals surface area contributed by atoms with Crippen molar-refractivity contribution in [1.29, 1.82) is 0 Å². The molecule has 1 aromatic heterocycles. The lowest BCUT2D eigenvalue weighted by Gasteiger charge is -2.18. The number of rotatable bonds is 6. The van der Waals surface area contributed by atoms with Crippen LogP contribution in [0.25, 0.3) is 10.9 Å². The lowest BCUT2D eigenvalue weighted by Crippen LogP contribution is -2.29. The van der Waals surface area contributed by atoms with E-state index in [-0.39, 0.29) is 30.6 Å². The van der Waals surface area contributed by atoms with Crippen LogP contribution in [0, 0.1) is 0 Å². The van der Waals surface area contributed by atoms with E-state index in [4.69, 9.17) is 26.1 Å². The number of fused-ring (bicyclic) bond motifs is 2. The molecule has 1 aliphatic heterocycles. The van der Waals surface area contributed by atoms with Gasteiger partial charge in [-0.1, -0.05) is 47.6 Å². The Labute approximate surface area is 204 Å². The van der Waals surface area contributed by atoms with Crippen molar-refractivity contribution in [3.63, 3.8) is 0 Å². The van der Waals surface area contributed by atoms with E-state index in [1.165, 1.54) is 11.8 Å². The van der Waals surface area contributed by atoms with Gasteiger partial charge in [-0.25, -0.2) is 4.98 Å². The zero-order valence-electron chi connectivity index (χ0n) is 18.2. The molecule has 9 heteroatoms. The molecule has 3 aromatic carbocycles. The molecule has 1 aliphatic rings. The maximum absolute atomic E-state index is 13.4. The molecule has 0 saturated carbocycles. The number of carbonyl (C=O) groups is 1. The molecule has 0 unspecified atom stereocenters. The van der Waals surface area contributed by atoms with Gasteiger partial charge >= 0.3 is 0 Å². The summed E-state index contributed by atoms with van der Waals surface area (Å²) in [7, 11) is 1.70. The third kappa shape index (κ3) is 4.47. The fourth-order valence-electron chi connectivity index (χ4n) is 3.67. The van der Waals surface area contributed by atoms with Gasteiger partial charge in [0.2, 0.25) is 12.7 Å². The minimum atomic E-state index is -0.165. The van der Waals surface area contributed by atoms with Gasteiger partial charge in [-0.15, -0.1) is 0 Å². The second kappa shape index (κ2) is 9.40. The van der Waals surface area contributed by atoms with E-state index >= 15 is 0 Å². The Morgan fingerprint density at radius 3 is 2.76 bits per heavy atom. The van der Waals surface area contributed by atoms with Gasteiger partial charge in [0.25, 0.3) is 5.56 Å². The molecule has 0 N–H and O–H groups in total. The first-order valence-corrected chi connectivity index (χ1v) is 11.9. The molecule has 5 rings (SSSR count).